The summed E-state index contributed by atoms with van der Waals surface area (Å²) < 4.78 is 31.3. The van der Waals surface area contributed by atoms with Crippen LogP contribution in [0.3, 0.4) is 0 Å². The summed E-state index contributed by atoms with van der Waals surface area (Å²) in [4.78, 5) is 14.2. The molecule has 1 amide bonds. The molecule has 0 heterocycles. The molecule has 0 saturated heterocycles. The molecule has 0 fully saturated rings. The second kappa shape index (κ2) is 10.5. The van der Waals surface area contributed by atoms with E-state index in [-0.39, 0.29) is 10.8 Å². The van der Waals surface area contributed by atoms with Gasteiger partial charge in [-0.05, 0) is 61.9 Å². The summed E-state index contributed by atoms with van der Waals surface area (Å²) in [5, 5.41) is 0.663. The van der Waals surface area contributed by atoms with Gasteiger partial charge in [0.2, 0.25) is 15.9 Å². The molecule has 0 aromatic heterocycles. The van der Waals surface area contributed by atoms with Gasteiger partial charge in [0, 0.05) is 25.0 Å². The molecule has 0 saturated carbocycles. The topological polar surface area (TPSA) is 75.7 Å². The van der Waals surface area contributed by atoms with Crippen LogP contribution in [0, 0.1) is 0 Å². The van der Waals surface area contributed by atoms with E-state index in [0.29, 0.717) is 31.0 Å². The van der Waals surface area contributed by atoms with E-state index in [4.69, 9.17) is 16.3 Å². The van der Waals surface area contributed by atoms with Gasteiger partial charge in [0.1, 0.15) is 5.75 Å². The van der Waals surface area contributed by atoms with Crippen LogP contribution < -0.4 is 9.46 Å². The summed E-state index contributed by atoms with van der Waals surface area (Å²) in [6.45, 7) is 1.12. The van der Waals surface area contributed by atoms with Crippen LogP contribution in [0.5, 0.6) is 5.75 Å². The molecule has 0 spiro atoms. The molecule has 28 heavy (non-hydrogen) atoms. The number of hydrogen-bond donors (Lipinski definition) is 1. The minimum Gasteiger partial charge on any atom is -0.494 e. The number of benzene rings is 2. The van der Waals surface area contributed by atoms with Gasteiger partial charge in [-0.15, -0.1) is 0 Å². The van der Waals surface area contributed by atoms with Crippen LogP contribution in [0.25, 0.3) is 0 Å². The average Bonchev–Trinajstić information content (AvgIpc) is 2.70. The maximum Gasteiger partial charge on any atom is 0.240 e. The maximum absolute atomic E-state index is 12.3. The van der Waals surface area contributed by atoms with Crippen molar-refractivity contribution in [1.82, 2.24) is 9.62 Å². The highest BCUT2D eigenvalue weighted by Gasteiger charge is 2.12. The predicted octanol–water partition coefficient (Wildman–Crippen LogP) is 3.11. The summed E-state index contributed by atoms with van der Waals surface area (Å²) in [6, 6.07) is 13.7. The van der Waals surface area contributed by atoms with E-state index in [1.54, 1.807) is 48.3 Å². The van der Waals surface area contributed by atoms with Gasteiger partial charge in [0.05, 0.1) is 11.5 Å². The molecule has 2 aromatic carbocycles. The Kier molecular flexibility index (Phi) is 8.29. The van der Waals surface area contributed by atoms with E-state index >= 15 is 0 Å². The third kappa shape index (κ3) is 6.82. The van der Waals surface area contributed by atoms with Crippen molar-refractivity contribution in [3.63, 3.8) is 0 Å². The fraction of sp³-hybridized carbons (Fsp3) is 0.350. The van der Waals surface area contributed by atoms with Crippen LogP contribution in [0.2, 0.25) is 5.02 Å². The number of hydrogen-bond acceptors (Lipinski definition) is 4. The van der Waals surface area contributed by atoms with Crippen LogP contribution in [-0.2, 0) is 21.2 Å². The molecule has 0 bridgehead atoms. The maximum atomic E-state index is 12.3. The third-order valence-electron chi connectivity index (χ3n) is 4.28. The fourth-order valence-corrected chi connectivity index (χ4v) is 3.40. The number of rotatable bonds is 10. The lowest BCUT2D eigenvalue weighted by atomic mass is 10.1. The van der Waals surface area contributed by atoms with Crippen molar-refractivity contribution in [2.24, 2.45) is 0 Å². The van der Waals surface area contributed by atoms with Crippen molar-refractivity contribution in [1.29, 1.82) is 0 Å². The number of aryl methyl sites for hydroxylation is 1. The highest BCUT2D eigenvalue weighted by molar-refractivity contribution is 7.89. The van der Waals surface area contributed by atoms with Gasteiger partial charge in [-0.3, -0.25) is 4.79 Å². The second-order valence-electron chi connectivity index (χ2n) is 6.32. The Morgan fingerprint density at radius 1 is 1.11 bits per heavy atom. The Morgan fingerprint density at radius 3 is 2.36 bits per heavy atom. The highest BCUT2D eigenvalue weighted by Crippen LogP contribution is 2.16. The summed E-state index contributed by atoms with van der Waals surface area (Å²) in [6.07, 6.45) is 1.65. The Labute approximate surface area is 171 Å². The first kappa shape index (κ1) is 22.2. The lowest BCUT2D eigenvalue weighted by Crippen LogP contribution is -2.28. The first-order chi connectivity index (χ1) is 13.3. The molecule has 0 radical (unpaired) electrons. The minimum atomic E-state index is -3.44. The molecule has 6 nitrogen and oxygen atoms in total. The zero-order chi connectivity index (χ0) is 20.6. The van der Waals surface area contributed by atoms with E-state index in [1.165, 1.54) is 7.05 Å². The van der Waals surface area contributed by atoms with Gasteiger partial charge in [-0.25, -0.2) is 13.1 Å². The van der Waals surface area contributed by atoms with E-state index in [0.717, 1.165) is 17.7 Å². The Bertz CT molecular complexity index is 868. The molecule has 2 rings (SSSR count). The number of nitrogens with one attached hydrogen (secondary N) is 1. The number of nitrogens with zero attached hydrogens (tertiary/aromatic N) is 1. The normalized spacial score (nSPS) is 11.2. The molecule has 2 aromatic rings. The highest BCUT2D eigenvalue weighted by atomic mass is 35.5. The molecule has 0 atom stereocenters. The molecule has 8 heteroatoms. The van der Waals surface area contributed by atoms with Crippen molar-refractivity contribution in [3.8, 4) is 5.75 Å². The number of amides is 1. The lowest BCUT2D eigenvalue weighted by molar-refractivity contribution is -0.129. The number of ether oxygens (including phenoxy) is 1. The molecule has 0 unspecified atom stereocenters. The third-order valence-corrected chi connectivity index (χ3v) is 5.96. The van der Waals surface area contributed by atoms with Crippen molar-refractivity contribution < 1.29 is 17.9 Å². The minimum absolute atomic E-state index is 0.0402. The van der Waals surface area contributed by atoms with E-state index < -0.39 is 10.0 Å². The second-order valence-corrected chi connectivity index (χ2v) is 8.65. The number of sulfonamides is 1. The average molecular weight is 425 g/mol. The van der Waals surface area contributed by atoms with Crippen molar-refractivity contribution in [2.75, 3.05) is 27.2 Å². The molecular weight excluding hydrogens is 400 g/mol. The van der Waals surface area contributed by atoms with Gasteiger partial charge < -0.3 is 9.64 Å². The van der Waals surface area contributed by atoms with Gasteiger partial charge in [-0.1, -0.05) is 23.7 Å². The van der Waals surface area contributed by atoms with Crippen LogP contribution in [0.15, 0.2) is 53.4 Å². The quantitative estimate of drug-likeness (QED) is 0.594. The first-order valence-corrected chi connectivity index (χ1v) is 10.8. The largest absolute Gasteiger partial charge is 0.494 e. The van der Waals surface area contributed by atoms with E-state index in [1.807, 2.05) is 12.1 Å². The van der Waals surface area contributed by atoms with Crippen molar-refractivity contribution in [3.05, 3.63) is 59.1 Å². The molecule has 152 valence electrons. The molecule has 0 aliphatic heterocycles. The standard InChI is InChI=1S/C20H25ClN2O4S/c1-22-28(25,26)19-11-4-16(5-12-19)6-13-20(24)23(2)14-3-15-27-18-9-7-17(21)8-10-18/h4-5,7-12,22H,3,6,13-15H2,1-2H3. The van der Waals surface area contributed by atoms with Gasteiger partial charge in [0.15, 0.2) is 0 Å². The van der Waals surface area contributed by atoms with Gasteiger partial charge >= 0.3 is 0 Å². The van der Waals surface area contributed by atoms with Crippen LogP contribution >= 0.6 is 11.6 Å². The van der Waals surface area contributed by atoms with Gasteiger partial charge in [0.25, 0.3) is 0 Å². The Morgan fingerprint density at radius 2 is 1.75 bits per heavy atom. The zero-order valence-corrected chi connectivity index (χ0v) is 17.6. The summed E-state index contributed by atoms with van der Waals surface area (Å²) in [7, 11) is -0.294. The van der Waals surface area contributed by atoms with Crippen LogP contribution in [-0.4, -0.2) is 46.5 Å². The van der Waals surface area contributed by atoms with Gasteiger partial charge in [-0.2, -0.15) is 0 Å². The van der Waals surface area contributed by atoms with Crippen LogP contribution in [0.1, 0.15) is 18.4 Å². The van der Waals surface area contributed by atoms with Crippen LogP contribution in [0.4, 0.5) is 0 Å². The molecule has 0 aliphatic rings. The SMILES string of the molecule is CNS(=O)(=O)c1ccc(CCC(=O)N(C)CCCOc2ccc(Cl)cc2)cc1. The first-order valence-electron chi connectivity index (χ1n) is 8.96. The number of halogens is 1. The summed E-state index contributed by atoms with van der Waals surface area (Å²) in [5.41, 5.74) is 0.919. The van der Waals surface area contributed by atoms with E-state index in [9.17, 15) is 13.2 Å². The lowest BCUT2D eigenvalue weighted by Gasteiger charge is -2.17. The van der Waals surface area contributed by atoms with E-state index in [2.05, 4.69) is 4.72 Å². The molecular formula is C20H25ClN2O4S. The van der Waals surface area contributed by atoms with Crippen molar-refractivity contribution in [2.45, 2.75) is 24.2 Å². The predicted molar refractivity (Wildman–Crippen MR) is 110 cm³/mol. The zero-order valence-electron chi connectivity index (χ0n) is 16.0. The Hall–Kier alpha value is -2.09. The Balaban J connectivity index is 1.71. The summed E-state index contributed by atoms with van der Waals surface area (Å²) in [5.74, 6) is 0.792. The molecule has 0 aliphatic carbocycles. The molecule has 1 N–H and O–H groups in total. The number of carbonyl (C=O) groups excluding carboxylic acids is 1. The number of carbonyl (C=O) groups is 1. The summed E-state index contributed by atoms with van der Waals surface area (Å²) >= 11 is 5.83. The monoisotopic (exact) mass is 424 g/mol. The van der Waals surface area contributed by atoms with Crippen molar-refractivity contribution >= 4 is 27.5 Å². The smallest absolute Gasteiger partial charge is 0.240 e. The fourth-order valence-electron chi connectivity index (χ4n) is 2.54.